The number of hydrazine groups is 2. The minimum absolute atomic E-state index is 0. The second kappa shape index (κ2) is 22.2. The zero-order chi connectivity index (χ0) is 36.1. The van der Waals surface area contributed by atoms with Gasteiger partial charge in [-0.3, -0.25) is 10.9 Å². The summed E-state index contributed by atoms with van der Waals surface area (Å²) in [5.41, 5.74) is 14.4. The van der Waals surface area contributed by atoms with Gasteiger partial charge in [0.15, 0.2) is 0 Å². The smallest absolute Gasteiger partial charge is 0.395 e. The first-order valence-corrected chi connectivity index (χ1v) is 18.3. The van der Waals surface area contributed by atoms with Crippen molar-refractivity contribution in [3.63, 3.8) is 0 Å². The van der Waals surface area contributed by atoms with Crippen LogP contribution in [0.15, 0.2) is 143 Å². The molecule has 268 valence electrons. The first kappa shape index (κ1) is 43.3. The maximum atomic E-state index is 9.50. The monoisotopic (exact) mass is 776 g/mol. The molecule has 0 aliphatic carbocycles. The molecule has 0 saturated heterocycles. The van der Waals surface area contributed by atoms with E-state index >= 15 is 0 Å². The number of nitrogens with zero attached hydrogens (tertiary/aromatic N) is 4. The third-order valence-corrected chi connectivity index (χ3v) is 9.50. The van der Waals surface area contributed by atoms with Crippen molar-refractivity contribution in [1.82, 2.24) is 18.6 Å². The van der Waals surface area contributed by atoms with Gasteiger partial charge in [-0.05, 0) is 47.8 Å². The van der Waals surface area contributed by atoms with E-state index in [1.54, 1.807) is 0 Å². The molecule has 14 heteroatoms. The molecular weight excluding hydrogens is 735 g/mol. The average Bonchev–Trinajstić information content (AvgIpc) is 3.16. The number of aliphatic hydroxyl groups is 2. The summed E-state index contributed by atoms with van der Waals surface area (Å²) in [6.45, 7) is 1.19. The van der Waals surface area contributed by atoms with Crippen molar-refractivity contribution in [2.24, 2.45) is 0 Å². The zero-order valence-electron chi connectivity index (χ0n) is 31.0. The van der Waals surface area contributed by atoms with E-state index in [9.17, 15) is 10.2 Å². The summed E-state index contributed by atoms with van der Waals surface area (Å²) < 4.78 is 3.90. The summed E-state index contributed by atoms with van der Waals surface area (Å²) in [4.78, 5) is 4.02. The molecule has 0 radical (unpaired) electrons. The molecule has 0 atom stereocenters. The molecule has 10 nitrogen and oxygen atoms in total. The number of hydrogen-bond donors (Lipinski definition) is 6. The molecule has 6 N–H and O–H groups in total. The van der Waals surface area contributed by atoms with Crippen molar-refractivity contribution < 1.29 is 69.3 Å². The number of hydrogen-bond acceptors (Lipinski definition) is 12. The number of benzene rings is 4. The van der Waals surface area contributed by atoms with Crippen molar-refractivity contribution >= 4 is 58.8 Å². The Labute approximate surface area is 371 Å². The molecule has 0 amide bonds. The van der Waals surface area contributed by atoms with Gasteiger partial charge in [0.05, 0.1) is 58.4 Å². The Morgan fingerprint density at radius 3 is 1.35 bits per heavy atom. The summed E-state index contributed by atoms with van der Waals surface area (Å²) in [5, 5.41) is 27.9. The fourth-order valence-electron chi connectivity index (χ4n) is 5.08. The van der Waals surface area contributed by atoms with Gasteiger partial charge in [0.25, 0.3) is 0 Å². The third-order valence-electron chi connectivity index (χ3n) is 7.88. The minimum atomic E-state index is 0. The van der Waals surface area contributed by atoms with Gasteiger partial charge >= 0.3 is 59.1 Å². The molecule has 0 saturated carbocycles. The van der Waals surface area contributed by atoms with Gasteiger partial charge in [-0.15, -0.1) is 48.5 Å². The molecule has 4 aromatic carbocycles. The number of anilines is 4. The summed E-state index contributed by atoms with van der Waals surface area (Å²) >= 11 is 3.07. The van der Waals surface area contributed by atoms with Gasteiger partial charge < -0.3 is 30.6 Å². The van der Waals surface area contributed by atoms with Crippen LogP contribution in [-0.4, -0.2) is 69.2 Å². The summed E-state index contributed by atoms with van der Waals surface area (Å²) in [7, 11) is 3.92. The van der Waals surface area contributed by atoms with E-state index in [1.807, 2.05) is 154 Å². The normalized spacial score (nSPS) is 13.7. The van der Waals surface area contributed by atoms with Crippen LogP contribution in [0.25, 0.3) is 12.2 Å². The Balaban J connectivity index is 0.00000325. The minimum Gasteiger partial charge on any atom is -0.395 e. The standard InChI is InChI=1S/C40H42N8O2S2.2Na/c1-45(23-25-49)37-27-39(51-47(29-37)43-35-9-5-3-6-10-35)41-33-19-15-31(16-20-33)13-14-32-17-21-34(22-18-32)42-40-28-38(46(2)24-26-50)30-48(52-40)44-36-11-7-4-8-12-36;;/h3-15,17,19-22,27-30,41-44,49-50H,23-26H2,1-2H3;;/q-2;2*+1. The van der Waals surface area contributed by atoms with Crippen LogP contribution in [0.4, 0.5) is 22.7 Å². The number of allylic oxidation sites excluding steroid dienone is 2. The van der Waals surface area contributed by atoms with Crippen LogP contribution in [0.2, 0.25) is 0 Å². The largest absolute Gasteiger partial charge is 1.00 e. The Bertz CT molecular complexity index is 1770. The summed E-state index contributed by atoms with van der Waals surface area (Å²) in [6.07, 6.45) is 12.2. The van der Waals surface area contributed by atoms with Crippen LogP contribution >= 0.6 is 23.9 Å². The van der Waals surface area contributed by atoms with Crippen molar-refractivity contribution in [2.75, 3.05) is 61.9 Å². The molecule has 0 unspecified atom stereocenters. The molecule has 4 aromatic rings. The first-order valence-electron chi connectivity index (χ1n) is 16.8. The Hall–Kier alpha value is -3.40. The van der Waals surface area contributed by atoms with Gasteiger partial charge in [-0.1, -0.05) is 36.4 Å². The Morgan fingerprint density at radius 1 is 0.593 bits per heavy atom. The third kappa shape index (κ3) is 13.1. The Kier molecular flexibility index (Phi) is 17.8. The van der Waals surface area contributed by atoms with E-state index in [2.05, 4.69) is 45.8 Å². The first-order chi connectivity index (χ1) is 25.4. The van der Waals surface area contributed by atoms with E-state index in [0.29, 0.717) is 13.1 Å². The number of rotatable bonds is 16. The van der Waals surface area contributed by atoms with Gasteiger partial charge in [0.2, 0.25) is 0 Å². The maximum Gasteiger partial charge on any atom is 1.00 e. The number of aliphatic hydroxyl groups excluding tert-OH is 2. The van der Waals surface area contributed by atoms with Crippen molar-refractivity contribution in [1.29, 1.82) is 0 Å². The summed E-state index contributed by atoms with van der Waals surface area (Å²) in [5.74, 6) is 0. The van der Waals surface area contributed by atoms with Crippen LogP contribution in [0.5, 0.6) is 0 Å². The molecule has 0 aromatic heterocycles. The average molecular weight is 777 g/mol. The maximum absolute atomic E-state index is 9.50. The van der Waals surface area contributed by atoms with Crippen LogP contribution < -0.4 is 80.6 Å². The van der Waals surface area contributed by atoms with E-state index < -0.39 is 0 Å². The van der Waals surface area contributed by atoms with E-state index in [0.717, 1.165) is 55.3 Å². The topological polar surface area (TPSA) is 102 Å². The predicted octanol–water partition coefficient (Wildman–Crippen LogP) is 1.48. The van der Waals surface area contributed by atoms with E-state index in [1.165, 1.54) is 23.9 Å². The van der Waals surface area contributed by atoms with Gasteiger partial charge in [0.1, 0.15) is 0 Å². The second-order valence-electron chi connectivity index (χ2n) is 11.9. The number of para-hydroxylation sites is 2. The van der Waals surface area contributed by atoms with Crippen LogP contribution in [0.1, 0.15) is 11.1 Å². The van der Waals surface area contributed by atoms with Crippen LogP contribution in [0.3, 0.4) is 0 Å². The van der Waals surface area contributed by atoms with Crippen LogP contribution in [-0.2, 0) is 0 Å². The van der Waals surface area contributed by atoms with Crippen molar-refractivity contribution in [2.45, 2.75) is 0 Å². The van der Waals surface area contributed by atoms with Gasteiger partial charge in [-0.2, -0.15) is 23.3 Å². The molecule has 2 heterocycles. The predicted molar refractivity (Wildman–Crippen MR) is 217 cm³/mol. The van der Waals surface area contributed by atoms with E-state index in [-0.39, 0.29) is 72.3 Å². The van der Waals surface area contributed by atoms with Gasteiger partial charge in [0, 0.05) is 51.1 Å². The SMILES string of the molecule is CN(CCO)C1=CN(Nc2ccccc2)SC(Nc2c[c-]c(C=Cc3[c-]cc(NC4=CC(N(C)CCO)=CN(Nc5ccccc5)S4)cc3)cc2)=C1.[Na+].[Na+]. The molecule has 54 heavy (non-hydrogen) atoms. The Morgan fingerprint density at radius 2 is 1.00 bits per heavy atom. The molecule has 0 fully saturated rings. The molecule has 6 rings (SSSR count). The molecular formula is C40H42N8Na2O2S2. The number of likely N-dealkylation sites (N-methyl/N-ethyl adjacent to an activating group) is 2. The fourth-order valence-corrected chi connectivity index (χ4v) is 6.81. The summed E-state index contributed by atoms with van der Waals surface area (Å²) in [6, 6.07) is 38.7. The number of nitrogens with one attached hydrogen (secondary N) is 4. The fraction of sp³-hybridized carbons (Fsp3) is 0.150. The zero-order valence-corrected chi connectivity index (χ0v) is 36.7. The van der Waals surface area contributed by atoms with E-state index in [4.69, 9.17) is 0 Å². The molecule has 0 spiro atoms. The van der Waals surface area contributed by atoms with Crippen molar-refractivity contribution in [3.05, 3.63) is 166 Å². The van der Waals surface area contributed by atoms with Gasteiger partial charge in [-0.25, -0.2) is 8.83 Å². The molecule has 2 aliphatic heterocycles. The molecule has 0 bridgehead atoms. The van der Waals surface area contributed by atoms with Crippen molar-refractivity contribution in [3.8, 4) is 0 Å². The van der Waals surface area contributed by atoms with Crippen LogP contribution in [0, 0.1) is 12.1 Å². The quantitative estimate of drug-likeness (QED) is 0.0431. The second-order valence-corrected chi connectivity index (χ2v) is 13.9. The molecule has 2 aliphatic rings.